The number of rotatable bonds is 4. The molecule has 2 aromatic carbocycles. The van der Waals surface area contributed by atoms with Gasteiger partial charge >= 0.3 is 0 Å². The van der Waals surface area contributed by atoms with Crippen LogP contribution < -0.4 is 24.8 Å². The number of ether oxygens (including phenoxy) is 3. The van der Waals surface area contributed by atoms with Crippen molar-refractivity contribution in [1.82, 2.24) is 30.5 Å². The third kappa shape index (κ3) is 8.43. The molecule has 3 amide bonds. The number of benzene rings is 2. The predicted molar refractivity (Wildman–Crippen MR) is 164 cm³/mol. The highest BCUT2D eigenvalue weighted by molar-refractivity contribution is 7.99. The molecule has 0 fully saturated rings. The smallest absolute Gasteiger partial charge is 0.255 e. The molecule has 0 aliphatic carbocycles. The monoisotopic (exact) mass is 622 g/mol. The molecule has 5 rings (SSSR count). The Bertz CT molecular complexity index is 1480. The van der Waals surface area contributed by atoms with Crippen LogP contribution in [0.3, 0.4) is 0 Å². The number of aromatic nitrogens is 3. The lowest BCUT2D eigenvalue weighted by Crippen LogP contribution is -2.45. The molecule has 0 unspecified atom stereocenters. The van der Waals surface area contributed by atoms with Gasteiger partial charge in [0.25, 0.3) is 5.91 Å². The van der Waals surface area contributed by atoms with Crippen LogP contribution in [0, 0.1) is 6.92 Å². The maximum Gasteiger partial charge on any atom is 0.255 e. The molecule has 3 heterocycles. The summed E-state index contributed by atoms with van der Waals surface area (Å²) in [6.07, 6.45) is 3.35. The number of nitrogens with one attached hydrogen (secondary N) is 2. The summed E-state index contributed by atoms with van der Waals surface area (Å²) in [7, 11) is 0. The van der Waals surface area contributed by atoms with E-state index in [-0.39, 0.29) is 17.7 Å². The number of carbonyl (C=O) groups excluding carboxylic acids is 3. The molecule has 234 valence electrons. The van der Waals surface area contributed by atoms with Crippen molar-refractivity contribution in [2.24, 2.45) is 0 Å². The third-order valence-electron chi connectivity index (χ3n) is 7.21. The van der Waals surface area contributed by atoms with E-state index >= 15 is 0 Å². The Labute approximate surface area is 260 Å². The van der Waals surface area contributed by atoms with Gasteiger partial charge < -0.3 is 29.7 Å². The van der Waals surface area contributed by atoms with E-state index in [1.807, 2.05) is 43.5 Å². The Balaban J connectivity index is 1.22. The zero-order valence-electron chi connectivity index (χ0n) is 25.0. The number of aryl methyl sites for hydroxylation is 2. The Kier molecular flexibility index (Phi) is 10.6. The van der Waals surface area contributed by atoms with Crippen LogP contribution in [0.25, 0.3) is 0 Å². The number of thioether (sulfide) groups is 1. The van der Waals surface area contributed by atoms with Gasteiger partial charge in [-0.1, -0.05) is 11.3 Å². The molecular weight excluding hydrogens is 584 g/mol. The second kappa shape index (κ2) is 15.0. The van der Waals surface area contributed by atoms with Gasteiger partial charge in [-0.3, -0.25) is 19.1 Å². The van der Waals surface area contributed by atoms with Gasteiger partial charge in [0.1, 0.15) is 30.7 Å². The van der Waals surface area contributed by atoms with E-state index < -0.39 is 6.04 Å². The van der Waals surface area contributed by atoms with E-state index in [9.17, 15) is 14.4 Å². The van der Waals surface area contributed by atoms with Crippen LogP contribution in [0.4, 0.5) is 0 Å². The summed E-state index contributed by atoms with van der Waals surface area (Å²) in [5, 5.41) is 14.2. The van der Waals surface area contributed by atoms with Crippen molar-refractivity contribution in [2.45, 2.75) is 57.1 Å². The van der Waals surface area contributed by atoms with E-state index in [1.54, 1.807) is 34.3 Å². The molecule has 12 nitrogen and oxygen atoms in total. The fourth-order valence-corrected chi connectivity index (χ4v) is 5.72. The third-order valence-corrected chi connectivity index (χ3v) is 8.20. The number of hydrogen-bond acceptors (Lipinski definition) is 9. The van der Waals surface area contributed by atoms with E-state index in [1.165, 1.54) is 0 Å². The summed E-state index contributed by atoms with van der Waals surface area (Å²) in [6.45, 7) is 6.66. The number of fused-ring (bicyclic) bond motifs is 4. The molecule has 1 atom stereocenters. The maximum absolute atomic E-state index is 13.3. The first-order valence-electron chi connectivity index (χ1n) is 14.9. The lowest BCUT2D eigenvalue weighted by molar-refractivity contribution is -0.131. The van der Waals surface area contributed by atoms with Gasteiger partial charge in [0.15, 0.2) is 11.5 Å². The quantitative estimate of drug-likeness (QED) is 0.421. The molecular formula is C31H38N6O6S. The van der Waals surface area contributed by atoms with Gasteiger partial charge in [0.05, 0.1) is 24.9 Å². The Morgan fingerprint density at radius 3 is 2.68 bits per heavy atom. The highest BCUT2D eigenvalue weighted by Crippen LogP contribution is 2.34. The van der Waals surface area contributed by atoms with Gasteiger partial charge in [-0.25, -0.2) is 0 Å². The lowest BCUT2D eigenvalue weighted by atomic mass is 10.1. The zero-order valence-corrected chi connectivity index (χ0v) is 25.9. The van der Waals surface area contributed by atoms with E-state index in [0.29, 0.717) is 88.0 Å². The molecule has 2 aliphatic rings. The Morgan fingerprint density at radius 2 is 1.82 bits per heavy atom. The van der Waals surface area contributed by atoms with Gasteiger partial charge in [0.2, 0.25) is 11.8 Å². The van der Waals surface area contributed by atoms with Crippen molar-refractivity contribution in [2.75, 3.05) is 38.7 Å². The molecule has 0 radical (unpaired) electrons. The molecule has 44 heavy (non-hydrogen) atoms. The molecule has 0 saturated heterocycles. The van der Waals surface area contributed by atoms with Crippen LogP contribution in [-0.2, 0) is 22.7 Å². The minimum absolute atomic E-state index is 0.0103. The van der Waals surface area contributed by atoms with E-state index in [2.05, 4.69) is 20.9 Å². The van der Waals surface area contributed by atoms with Crippen LogP contribution in [0.1, 0.15) is 47.8 Å². The minimum atomic E-state index is -0.747. The SMILES string of the molecule is Cc1ccc2c(c1)OCCCn1cc(nn1)CN(C(=O)CCSc1ccc3c(c1)OCCO3)CCCNC(=O)[C@@H](C)NC2=O. The van der Waals surface area contributed by atoms with Gasteiger partial charge in [-0.05, 0) is 56.2 Å². The summed E-state index contributed by atoms with van der Waals surface area (Å²) in [5.74, 6) is 1.82. The summed E-state index contributed by atoms with van der Waals surface area (Å²) in [6, 6.07) is 10.4. The highest BCUT2D eigenvalue weighted by Gasteiger charge is 2.21. The predicted octanol–water partition coefficient (Wildman–Crippen LogP) is 2.98. The topological polar surface area (TPSA) is 137 Å². The van der Waals surface area contributed by atoms with Crippen LogP contribution in [-0.4, -0.2) is 82.3 Å². The summed E-state index contributed by atoms with van der Waals surface area (Å²) in [5.41, 5.74) is 2.02. The molecule has 0 spiro atoms. The number of nitrogens with zero attached hydrogens (tertiary/aromatic N) is 4. The van der Waals surface area contributed by atoms with E-state index in [0.717, 1.165) is 22.0 Å². The van der Waals surface area contributed by atoms with Gasteiger partial charge in [-0.2, -0.15) is 0 Å². The summed E-state index contributed by atoms with van der Waals surface area (Å²) >= 11 is 1.58. The molecule has 0 saturated carbocycles. The molecule has 2 aliphatic heterocycles. The Morgan fingerprint density at radius 1 is 1.00 bits per heavy atom. The van der Waals surface area contributed by atoms with Gasteiger partial charge in [-0.15, -0.1) is 16.9 Å². The largest absolute Gasteiger partial charge is 0.493 e. The molecule has 13 heteroatoms. The fraction of sp³-hybridized carbons (Fsp3) is 0.452. The first kappa shape index (κ1) is 31.2. The molecule has 3 aromatic rings. The second-order valence-electron chi connectivity index (χ2n) is 10.7. The zero-order chi connectivity index (χ0) is 30.9. The van der Waals surface area contributed by atoms with Crippen molar-refractivity contribution in [3.63, 3.8) is 0 Å². The first-order chi connectivity index (χ1) is 21.4. The first-order valence-corrected chi connectivity index (χ1v) is 15.9. The van der Waals surface area contributed by atoms with Crippen LogP contribution in [0.15, 0.2) is 47.5 Å². The van der Waals surface area contributed by atoms with Crippen molar-refractivity contribution in [1.29, 1.82) is 0 Å². The fourth-order valence-electron chi connectivity index (χ4n) is 4.86. The Hall–Kier alpha value is -4.26. The van der Waals surface area contributed by atoms with Crippen molar-refractivity contribution in [3.05, 3.63) is 59.4 Å². The van der Waals surface area contributed by atoms with Crippen LogP contribution in [0.2, 0.25) is 0 Å². The summed E-state index contributed by atoms with van der Waals surface area (Å²) < 4.78 is 19.0. The molecule has 2 bridgehead atoms. The summed E-state index contributed by atoms with van der Waals surface area (Å²) in [4.78, 5) is 41.9. The number of hydrogen-bond donors (Lipinski definition) is 2. The number of carbonyl (C=O) groups is 3. The average Bonchev–Trinajstić information content (AvgIpc) is 3.47. The van der Waals surface area contributed by atoms with Crippen LogP contribution >= 0.6 is 11.8 Å². The molecule has 1 aromatic heterocycles. The lowest BCUT2D eigenvalue weighted by Gasteiger charge is -2.22. The van der Waals surface area contributed by atoms with Gasteiger partial charge in [0, 0.05) is 43.1 Å². The van der Waals surface area contributed by atoms with Crippen molar-refractivity contribution < 1.29 is 28.6 Å². The second-order valence-corrected chi connectivity index (χ2v) is 11.9. The maximum atomic E-state index is 13.3. The van der Waals surface area contributed by atoms with Crippen molar-refractivity contribution in [3.8, 4) is 17.2 Å². The molecule has 2 N–H and O–H groups in total. The number of amides is 3. The average molecular weight is 623 g/mol. The highest BCUT2D eigenvalue weighted by atomic mass is 32.2. The standard InChI is InChI=1S/C31H38N6O6S/c1-21-5-7-25-27(17-21)41-13-4-12-37-20-23(34-35-37)19-36(11-3-10-32-30(39)22(2)33-31(25)40)29(38)9-16-44-24-6-8-26-28(18-24)43-15-14-42-26/h5-8,17-18,20,22H,3-4,9-16,19H2,1-2H3,(H,32,39)(H,33,40)/t22-/m1/s1. The minimum Gasteiger partial charge on any atom is -0.493 e. The van der Waals surface area contributed by atoms with Crippen molar-refractivity contribution >= 4 is 29.5 Å². The normalized spacial score (nSPS) is 18.0. The van der Waals surface area contributed by atoms with E-state index in [4.69, 9.17) is 14.2 Å². The van der Waals surface area contributed by atoms with Crippen LogP contribution in [0.5, 0.6) is 17.2 Å².